The Labute approximate surface area is 311 Å². The zero-order valence-electron chi connectivity index (χ0n) is 29.6. The third-order valence-corrected chi connectivity index (χ3v) is 12.0. The molecule has 12 rings (SSSR count). The number of para-hydroxylation sites is 4. The van der Waals surface area contributed by atoms with Gasteiger partial charge in [-0.2, -0.15) is 0 Å². The van der Waals surface area contributed by atoms with Gasteiger partial charge >= 0.3 is 0 Å². The van der Waals surface area contributed by atoms with Crippen molar-refractivity contribution in [1.82, 2.24) is 4.57 Å². The summed E-state index contributed by atoms with van der Waals surface area (Å²) in [7, 11) is 0. The Morgan fingerprint density at radius 3 is 1.87 bits per heavy atom. The molecule has 2 unspecified atom stereocenters. The highest BCUT2D eigenvalue weighted by Gasteiger charge is 2.36. The molecule has 3 aromatic heterocycles. The molecule has 0 saturated heterocycles. The first-order chi connectivity index (χ1) is 26.7. The summed E-state index contributed by atoms with van der Waals surface area (Å²) in [5.74, 6) is 0.296. The molecule has 3 heteroatoms. The molecule has 254 valence electrons. The van der Waals surface area contributed by atoms with E-state index in [1.807, 2.05) is 12.1 Å². The summed E-state index contributed by atoms with van der Waals surface area (Å²) in [5, 5.41) is 7.10. The van der Waals surface area contributed by atoms with Gasteiger partial charge in [0.1, 0.15) is 22.3 Å². The molecular formula is C51H33NO2. The Kier molecular flexibility index (Phi) is 6.10. The van der Waals surface area contributed by atoms with E-state index in [1.54, 1.807) is 0 Å². The van der Waals surface area contributed by atoms with Gasteiger partial charge in [0.2, 0.25) is 0 Å². The Bertz CT molecular complexity index is 3300. The first-order valence-corrected chi connectivity index (χ1v) is 18.8. The summed E-state index contributed by atoms with van der Waals surface area (Å²) in [5.41, 5.74) is 16.1. The fourth-order valence-electron chi connectivity index (χ4n) is 9.83. The zero-order chi connectivity index (χ0) is 35.5. The van der Waals surface area contributed by atoms with Crippen LogP contribution in [0.4, 0.5) is 0 Å². The maximum absolute atomic E-state index is 7.02. The molecule has 0 bridgehead atoms. The molecular weight excluding hydrogens is 659 g/mol. The lowest BCUT2D eigenvalue weighted by molar-refractivity contribution is 0.621. The van der Waals surface area contributed by atoms with Crippen LogP contribution in [0, 0.1) is 0 Å². The van der Waals surface area contributed by atoms with Crippen LogP contribution in [0.2, 0.25) is 0 Å². The van der Waals surface area contributed by atoms with E-state index < -0.39 is 0 Å². The second kappa shape index (κ2) is 11.1. The Balaban J connectivity index is 1.14. The van der Waals surface area contributed by atoms with Gasteiger partial charge in [0.15, 0.2) is 0 Å². The summed E-state index contributed by atoms with van der Waals surface area (Å²) < 4.78 is 15.8. The van der Waals surface area contributed by atoms with Gasteiger partial charge in [-0.05, 0) is 81.8 Å². The topological polar surface area (TPSA) is 31.2 Å². The lowest BCUT2D eigenvalue weighted by atomic mass is 9.68. The van der Waals surface area contributed by atoms with Gasteiger partial charge in [-0.15, -0.1) is 0 Å². The van der Waals surface area contributed by atoms with Crippen molar-refractivity contribution >= 4 is 65.7 Å². The third kappa shape index (κ3) is 3.96. The Morgan fingerprint density at radius 1 is 0.407 bits per heavy atom. The predicted octanol–water partition coefficient (Wildman–Crippen LogP) is 14.2. The molecule has 1 aliphatic rings. The van der Waals surface area contributed by atoms with Crippen LogP contribution in [0.3, 0.4) is 0 Å². The number of fused-ring (bicyclic) bond motifs is 13. The highest BCUT2D eigenvalue weighted by Crippen LogP contribution is 2.55. The standard InChI is InChI=1S/C51H33NO2/c1-30-32-16-5-6-17-33(32)49-38(28-29-42-50(49)36-18-7-9-24-41(36)52(42)31-14-3-2-4-15-31)46(30)39-22-11-23-40-48-35(21-13-27-45(48)54-51(39)40)34-20-12-26-44-47(34)37-19-8-10-25-43(37)53-44/h2-30,46H,1H3. The van der Waals surface area contributed by atoms with Gasteiger partial charge < -0.3 is 13.4 Å². The number of hydrogen-bond donors (Lipinski definition) is 0. The molecule has 8 aromatic carbocycles. The highest BCUT2D eigenvalue weighted by molar-refractivity contribution is 6.20. The predicted molar refractivity (Wildman–Crippen MR) is 223 cm³/mol. The monoisotopic (exact) mass is 691 g/mol. The van der Waals surface area contributed by atoms with Gasteiger partial charge in [0.05, 0.1) is 11.0 Å². The summed E-state index contributed by atoms with van der Waals surface area (Å²) in [6, 6.07) is 61.3. The SMILES string of the molecule is CC1c2ccccc2-c2c(ccc3c2c2ccccc2n3-c2ccccc2)C1c1cccc2c1oc1cccc(-c3cccc4oc5ccccc5c34)c12. The number of rotatable bonds is 3. The quantitative estimate of drug-likeness (QED) is 0.185. The van der Waals surface area contributed by atoms with E-state index in [2.05, 4.69) is 169 Å². The van der Waals surface area contributed by atoms with Crippen LogP contribution < -0.4 is 0 Å². The lowest BCUT2D eigenvalue weighted by Crippen LogP contribution is -2.17. The van der Waals surface area contributed by atoms with Gasteiger partial charge in [-0.1, -0.05) is 134 Å². The van der Waals surface area contributed by atoms with Crippen LogP contribution in [0.15, 0.2) is 179 Å². The molecule has 0 spiro atoms. The van der Waals surface area contributed by atoms with E-state index in [0.29, 0.717) is 0 Å². The number of furan rings is 2. The smallest absolute Gasteiger partial charge is 0.139 e. The minimum atomic E-state index is 0.0760. The number of hydrogen-bond acceptors (Lipinski definition) is 2. The highest BCUT2D eigenvalue weighted by atomic mass is 16.3. The van der Waals surface area contributed by atoms with Crippen molar-refractivity contribution in [2.75, 3.05) is 0 Å². The van der Waals surface area contributed by atoms with Crippen molar-refractivity contribution in [3.8, 4) is 27.9 Å². The summed E-state index contributed by atoms with van der Waals surface area (Å²) in [6.45, 7) is 2.39. The second-order valence-electron chi connectivity index (χ2n) is 14.7. The number of nitrogens with zero attached hydrogens (tertiary/aromatic N) is 1. The van der Waals surface area contributed by atoms with Crippen LogP contribution in [0.25, 0.3) is 93.6 Å². The fraction of sp³-hybridized carbons (Fsp3) is 0.0588. The van der Waals surface area contributed by atoms with Crippen LogP contribution in [-0.4, -0.2) is 4.57 Å². The fourth-order valence-corrected chi connectivity index (χ4v) is 9.83. The number of benzene rings is 8. The second-order valence-corrected chi connectivity index (χ2v) is 14.7. The van der Waals surface area contributed by atoms with Gasteiger partial charge in [-0.3, -0.25) is 0 Å². The maximum atomic E-state index is 7.02. The van der Waals surface area contributed by atoms with E-state index in [-0.39, 0.29) is 11.8 Å². The van der Waals surface area contributed by atoms with Crippen LogP contribution in [-0.2, 0) is 0 Å². The average Bonchev–Trinajstić information content (AvgIpc) is 3.91. The van der Waals surface area contributed by atoms with E-state index in [1.165, 1.54) is 55.3 Å². The first-order valence-electron chi connectivity index (χ1n) is 18.8. The molecule has 54 heavy (non-hydrogen) atoms. The van der Waals surface area contributed by atoms with Crippen LogP contribution >= 0.6 is 0 Å². The average molecular weight is 692 g/mol. The molecule has 0 radical (unpaired) electrons. The van der Waals surface area contributed by atoms with Gasteiger partial charge in [-0.25, -0.2) is 0 Å². The summed E-state index contributed by atoms with van der Waals surface area (Å²) in [4.78, 5) is 0. The summed E-state index contributed by atoms with van der Waals surface area (Å²) >= 11 is 0. The first kappa shape index (κ1) is 29.7. The van der Waals surface area contributed by atoms with E-state index in [9.17, 15) is 0 Å². The van der Waals surface area contributed by atoms with E-state index >= 15 is 0 Å². The van der Waals surface area contributed by atoms with E-state index in [4.69, 9.17) is 8.83 Å². The summed E-state index contributed by atoms with van der Waals surface area (Å²) in [6.07, 6.45) is 0. The molecule has 11 aromatic rings. The van der Waals surface area contributed by atoms with Crippen molar-refractivity contribution in [2.45, 2.75) is 18.8 Å². The zero-order valence-corrected chi connectivity index (χ0v) is 29.6. The molecule has 3 heterocycles. The molecule has 1 aliphatic carbocycles. The number of aromatic nitrogens is 1. The van der Waals surface area contributed by atoms with Crippen molar-refractivity contribution in [1.29, 1.82) is 0 Å². The van der Waals surface area contributed by atoms with Crippen molar-refractivity contribution in [3.05, 3.63) is 187 Å². The van der Waals surface area contributed by atoms with Crippen molar-refractivity contribution in [3.63, 3.8) is 0 Å². The Morgan fingerprint density at radius 2 is 1.02 bits per heavy atom. The minimum Gasteiger partial charge on any atom is -0.456 e. The molecule has 0 N–H and O–H groups in total. The van der Waals surface area contributed by atoms with Crippen LogP contribution in [0.5, 0.6) is 0 Å². The molecule has 0 saturated carbocycles. The van der Waals surface area contributed by atoms with E-state index in [0.717, 1.165) is 55.0 Å². The molecule has 0 aliphatic heterocycles. The molecule has 0 amide bonds. The molecule has 0 fully saturated rings. The third-order valence-electron chi connectivity index (χ3n) is 12.0. The Hall–Kier alpha value is -6.84. The molecule has 3 nitrogen and oxygen atoms in total. The van der Waals surface area contributed by atoms with Crippen molar-refractivity contribution < 1.29 is 8.83 Å². The van der Waals surface area contributed by atoms with Crippen molar-refractivity contribution in [2.24, 2.45) is 0 Å². The minimum absolute atomic E-state index is 0.0760. The van der Waals surface area contributed by atoms with Gasteiger partial charge in [0.25, 0.3) is 0 Å². The van der Waals surface area contributed by atoms with Gasteiger partial charge in [0, 0.05) is 49.5 Å². The van der Waals surface area contributed by atoms with Crippen LogP contribution in [0.1, 0.15) is 35.4 Å². The normalized spacial score (nSPS) is 15.5. The molecule has 2 atom stereocenters. The maximum Gasteiger partial charge on any atom is 0.139 e. The lowest BCUT2D eigenvalue weighted by Gasteiger charge is -2.34. The largest absolute Gasteiger partial charge is 0.456 e.